The molecule has 1 aromatic carbocycles. The Morgan fingerprint density at radius 1 is 1.12 bits per heavy atom. The average molecular weight is 232 g/mol. The molecule has 0 saturated carbocycles. The highest BCUT2D eigenvalue weighted by Gasteiger charge is 2.15. The number of hydrogen-bond acceptors (Lipinski definition) is 3. The summed E-state index contributed by atoms with van der Waals surface area (Å²) in [6.45, 7) is 2.78. The van der Waals surface area contributed by atoms with Crippen molar-refractivity contribution in [1.82, 2.24) is 4.90 Å². The monoisotopic (exact) mass is 232 g/mol. The summed E-state index contributed by atoms with van der Waals surface area (Å²) < 4.78 is 0. The molecule has 17 heavy (non-hydrogen) atoms. The number of likely N-dealkylation sites (tertiary alicyclic amines) is 1. The van der Waals surface area contributed by atoms with Gasteiger partial charge in [0.15, 0.2) is 0 Å². The highest BCUT2D eigenvalue weighted by atomic mass is 16.1. The Labute approximate surface area is 103 Å². The van der Waals surface area contributed by atoms with Crippen LogP contribution in [0.4, 0.5) is 5.69 Å². The third-order valence-corrected chi connectivity index (χ3v) is 3.27. The minimum atomic E-state index is 0.407. The predicted molar refractivity (Wildman–Crippen MR) is 70.3 cm³/mol. The zero-order valence-corrected chi connectivity index (χ0v) is 10.6. The maximum absolute atomic E-state index is 11.1. The number of carbonyl (C=O) groups excluding carboxylic acids is 1. The van der Waals surface area contributed by atoms with Crippen molar-refractivity contribution in [3.63, 3.8) is 0 Å². The lowest BCUT2D eigenvalue weighted by molar-refractivity contribution is -0.121. The first kappa shape index (κ1) is 12.1. The highest BCUT2D eigenvalue weighted by Crippen LogP contribution is 2.15. The van der Waals surface area contributed by atoms with E-state index in [0.29, 0.717) is 5.78 Å². The molecule has 0 aromatic heterocycles. The lowest BCUT2D eigenvalue weighted by Crippen LogP contribution is -2.33. The lowest BCUT2D eigenvalue weighted by Gasteiger charge is -2.25. The number of ketones is 1. The second-order valence-electron chi connectivity index (χ2n) is 4.88. The summed E-state index contributed by atoms with van der Waals surface area (Å²) in [4.78, 5) is 15.6. The topological polar surface area (TPSA) is 23.6 Å². The molecule has 0 atom stereocenters. The first-order valence-corrected chi connectivity index (χ1v) is 6.15. The molecule has 1 fully saturated rings. The van der Waals surface area contributed by atoms with E-state index in [1.165, 1.54) is 11.3 Å². The zero-order chi connectivity index (χ0) is 12.3. The summed E-state index contributed by atoms with van der Waals surface area (Å²) in [6, 6.07) is 8.63. The maximum atomic E-state index is 11.1. The maximum Gasteiger partial charge on any atom is 0.135 e. The average Bonchev–Trinajstić information content (AvgIpc) is 2.33. The second kappa shape index (κ2) is 5.32. The number of piperidine rings is 1. The smallest absolute Gasteiger partial charge is 0.135 e. The van der Waals surface area contributed by atoms with Gasteiger partial charge in [0.25, 0.3) is 0 Å². The number of Topliss-reactive ketones (excluding diaryl/α,β-unsaturated/α-hetero) is 1. The van der Waals surface area contributed by atoms with Crippen LogP contribution in [0.3, 0.4) is 0 Å². The van der Waals surface area contributed by atoms with Crippen LogP contribution in [0.1, 0.15) is 18.4 Å². The van der Waals surface area contributed by atoms with Crippen molar-refractivity contribution in [2.75, 3.05) is 32.1 Å². The van der Waals surface area contributed by atoms with Gasteiger partial charge in [-0.1, -0.05) is 12.1 Å². The van der Waals surface area contributed by atoms with Gasteiger partial charge in [0.2, 0.25) is 0 Å². The first-order valence-electron chi connectivity index (χ1n) is 6.15. The number of nitrogens with zero attached hydrogens (tertiary/aromatic N) is 2. The van der Waals surface area contributed by atoms with Crippen molar-refractivity contribution in [1.29, 1.82) is 0 Å². The van der Waals surface area contributed by atoms with Crippen LogP contribution in [0.25, 0.3) is 0 Å². The van der Waals surface area contributed by atoms with E-state index in [1.54, 1.807) is 0 Å². The molecule has 3 heteroatoms. The molecule has 0 aliphatic carbocycles. The third-order valence-electron chi connectivity index (χ3n) is 3.27. The zero-order valence-electron chi connectivity index (χ0n) is 10.6. The predicted octanol–water partition coefficient (Wildman–Crippen LogP) is 1.92. The number of rotatable bonds is 3. The van der Waals surface area contributed by atoms with E-state index in [0.717, 1.165) is 32.5 Å². The van der Waals surface area contributed by atoms with Crippen molar-refractivity contribution in [3.8, 4) is 0 Å². The van der Waals surface area contributed by atoms with Crippen LogP contribution in [0.2, 0.25) is 0 Å². The molecule has 3 nitrogen and oxygen atoms in total. The van der Waals surface area contributed by atoms with Gasteiger partial charge < -0.3 is 4.90 Å². The van der Waals surface area contributed by atoms with E-state index in [2.05, 4.69) is 34.1 Å². The molecule has 0 N–H and O–H groups in total. The Kier molecular flexibility index (Phi) is 3.79. The Bertz CT molecular complexity index is 374. The second-order valence-corrected chi connectivity index (χ2v) is 4.88. The Hall–Kier alpha value is -1.35. The number of hydrogen-bond donors (Lipinski definition) is 0. The molecule has 2 rings (SSSR count). The summed E-state index contributed by atoms with van der Waals surface area (Å²) in [5, 5.41) is 0. The third kappa shape index (κ3) is 3.30. The lowest BCUT2D eigenvalue weighted by atomic mass is 10.1. The Morgan fingerprint density at radius 2 is 1.71 bits per heavy atom. The van der Waals surface area contributed by atoms with Gasteiger partial charge in [0.05, 0.1) is 0 Å². The van der Waals surface area contributed by atoms with Gasteiger partial charge in [-0.2, -0.15) is 0 Å². The molecule has 1 aromatic rings. The Balaban J connectivity index is 1.92. The van der Waals surface area contributed by atoms with Crippen LogP contribution in [0.5, 0.6) is 0 Å². The molecule has 0 spiro atoms. The number of anilines is 1. The molecule has 1 aliphatic rings. The van der Waals surface area contributed by atoms with Gasteiger partial charge in [-0.25, -0.2) is 0 Å². The van der Waals surface area contributed by atoms with Crippen molar-refractivity contribution in [2.24, 2.45) is 0 Å². The van der Waals surface area contributed by atoms with E-state index in [-0.39, 0.29) is 0 Å². The standard InChI is InChI=1S/C14H20N2O/c1-15(2)13-5-3-12(4-6-13)11-16-9-7-14(17)8-10-16/h3-6H,7-11H2,1-2H3. The van der Waals surface area contributed by atoms with Gasteiger partial charge in [-0.3, -0.25) is 9.69 Å². The van der Waals surface area contributed by atoms with Crippen molar-refractivity contribution < 1.29 is 4.79 Å². The van der Waals surface area contributed by atoms with Crippen molar-refractivity contribution in [2.45, 2.75) is 19.4 Å². The molecule has 0 bridgehead atoms. The number of carbonyl (C=O) groups is 1. The molecule has 1 saturated heterocycles. The fourth-order valence-electron chi connectivity index (χ4n) is 2.12. The summed E-state index contributed by atoms with van der Waals surface area (Å²) in [7, 11) is 4.09. The molecule has 92 valence electrons. The Morgan fingerprint density at radius 3 is 2.24 bits per heavy atom. The van der Waals surface area contributed by atoms with Crippen LogP contribution in [-0.4, -0.2) is 37.9 Å². The normalized spacial score (nSPS) is 17.2. The molecule has 0 unspecified atom stereocenters. The summed E-state index contributed by atoms with van der Waals surface area (Å²) in [6.07, 6.45) is 1.44. The van der Waals surface area contributed by atoms with Gasteiger partial charge in [-0.05, 0) is 17.7 Å². The minimum Gasteiger partial charge on any atom is -0.378 e. The van der Waals surface area contributed by atoms with Crippen molar-refractivity contribution >= 4 is 11.5 Å². The summed E-state index contributed by atoms with van der Waals surface area (Å²) in [5.41, 5.74) is 2.55. The van der Waals surface area contributed by atoms with Crippen LogP contribution in [0.15, 0.2) is 24.3 Å². The van der Waals surface area contributed by atoms with Gasteiger partial charge in [0.1, 0.15) is 5.78 Å². The van der Waals surface area contributed by atoms with E-state index in [1.807, 2.05) is 14.1 Å². The minimum absolute atomic E-state index is 0.407. The van der Waals surface area contributed by atoms with Crippen LogP contribution >= 0.6 is 0 Å². The molecule has 0 amide bonds. The molecule has 1 heterocycles. The van der Waals surface area contributed by atoms with E-state index < -0.39 is 0 Å². The van der Waals surface area contributed by atoms with E-state index >= 15 is 0 Å². The summed E-state index contributed by atoms with van der Waals surface area (Å²) >= 11 is 0. The van der Waals surface area contributed by atoms with Crippen molar-refractivity contribution in [3.05, 3.63) is 29.8 Å². The summed E-state index contributed by atoms with van der Waals surface area (Å²) in [5.74, 6) is 0.407. The fourth-order valence-corrected chi connectivity index (χ4v) is 2.12. The van der Waals surface area contributed by atoms with Gasteiger partial charge in [0, 0.05) is 52.3 Å². The van der Waals surface area contributed by atoms with Crippen LogP contribution in [0, 0.1) is 0 Å². The van der Waals surface area contributed by atoms with Crippen LogP contribution < -0.4 is 4.90 Å². The quantitative estimate of drug-likeness (QED) is 0.795. The first-order chi connectivity index (χ1) is 8.15. The number of benzene rings is 1. The van der Waals surface area contributed by atoms with Gasteiger partial charge in [-0.15, -0.1) is 0 Å². The SMILES string of the molecule is CN(C)c1ccc(CN2CCC(=O)CC2)cc1. The largest absolute Gasteiger partial charge is 0.378 e. The molecular weight excluding hydrogens is 212 g/mol. The molecular formula is C14H20N2O. The van der Waals surface area contributed by atoms with E-state index in [4.69, 9.17) is 0 Å². The highest BCUT2D eigenvalue weighted by molar-refractivity contribution is 5.79. The van der Waals surface area contributed by atoms with Gasteiger partial charge >= 0.3 is 0 Å². The van der Waals surface area contributed by atoms with E-state index in [9.17, 15) is 4.79 Å². The molecule has 0 radical (unpaired) electrons. The van der Waals surface area contributed by atoms with Crippen LogP contribution in [-0.2, 0) is 11.3 Å². The fraction of sp³-hybridized carbons (Fsp3) is 0.500. The molecule has 1 aliphatic heterocycles.